The van der Waals surface area contributed by atoms with Gasteiger partial charge in [-0.15, -0.1) is 0 Å². The number of nitrogens with zero attached hydrogens (tertiary/aromatic N) is 3. The topological polar surface area (TPSA) is 41.0 Å². The number of halogens is 3. The molecule has 1 saturated heterocycles. The second-order valence-corrected chi connectivity index (χ2v) is 5.02. The predicted octanol–water partition coefficient (Wildman–Crippen LogP) is 3.00. The Kier molecular flexibility index (Phi) is 4.35. The van der Waals surface area contributed by atoms with Crippen molar-refractivity contribution >= 4 is 11.6 Å². The van der Waals surface area contributed by atoms with Crippen molar-refractivity contribution in [1.82, 2.24) is 9.97 Å². The highest BCUT2D eigenvalue weighted by Gasteiger charge is 2.42. The number of nitrogens with one attached hydrogen (secondary N) is 1. The highest BCUT2D eigenvalue weighted by Crippen LogP contribution is 2.34. The number of hydrogen-bond acceptors (Lipinski definition) is 4. The van der Waals surface area contributed by atoms with Gasteiger partial charge in [-0.3, -0.25) is 0 Å². The van der Waals surface area contributed by atoms with E-state index in [-0.39, 0.29) is 13.0 Å². The molecule has 0 amide bonds. The van der Waals surface area contributed by atoms with Gasteiger partial charge in [0.25, 0.3) is 0 Å². The predicted molar refractivity (Wildman–Crippen MR) is 71.9 cm³/mol. The van der Waals surface area contributed by atoms with Crippen LogP contribution in [0.4, 0.5) is 24.8 Å². The lowest BCUT2D eigenvalue weighted by molar-refractivity contribution is -0.176. The molecule has 1 aliphatic rings. The van der Waals surface area contributed by atoms with Gasteiger partial charge >= 0.3 is 6.18 Å². The molecule has 2 rings (SSSR count). The van der Waals surface area contributed by atoms with Crippen LogP contribution in [-0.2, 0) is 0 Å². The van der Waals surface area contributed by atoms with Crippen LogP contribution < -0.4 is 10.2 Å². The van der Waals surface area contributed by atoms with Gasteiger partial charge in [-0.2, -0.15) is 13.2 Å². The molecule has 0 aromatic carbocycles. The van der Waals surface area contributed by atoms with E-state index in [0.717, 1.165) is 0 Å². The fourth-order valence-electron chi connectivity index (χ4n) is 2.44. The maximum atomic E-state index is 12.8. The van der Waals surface area contributed by atoms with Crippen LogP contribution in [-0.4, -0.2) is 35.8 Å². The van der Waals surface area contributed by atoms with E-state index in [2.05, 4.69) is 15.3 Å². The zero-order chi connectivity index (χ0) is 14.8. The summed E-state index contributed by atoms with van der Waals surface area (Å²) in [5.74, 6) is 0.522. The maximum Gasteiger partial charge on any atom is 0.393 e. The molecule has 20 heavy (non-hydrogen) atoms. The molecule has 1 aliphatic heterocycles. The Morgan fingerprint density at radius 3 is 2.80 bits per heavy atom. The summed E-state index contributed by atoms with van der Waals surface area (Å²) in [5.41, 5.74) is 0. The number of piperidine rings is 1. The first-order chi connectivity index (χ1) is 9.40. The van der Waals surface area contributed by atoms with Gasteiger partial charge in [0.05, 0.1) is 5.92 Å². The molecule has 2 heterocycles. The minimum atomic E-state index is -4.13. The third-order valence-electron chi connectivity index (χ3n) is 3.39. The van der Waals surface area contributed by atoms with Gasteiger partial charge in [-0.05, 0) is 26.7 Å². The van der Waals surface area contributed by atoms with E-state index >= 15 is 0 Å². The summed E-state index contributed by atoms with van der Waals surface area (Å²) in [4.78, 5) is 10.2. The maximum absolute atomic E-state index is 12.8. The lowest BCUT2D eigenvalue weighted by Crippen LogP contribution is -2.42. The van der Waals surface area contributed by atoms with E-state index in [1.807, 2.05) is 6.92 Å². The van der Waals surface area contributed by atoms with Crippen LogP contribution in [0.25, 0.3) is 0 Å². The highest BCUT2D eigenvalue weighted by atomic mass is 19.4. The molecule has 0 bridgehead atoms. The van der Waals surface area contributed by atoms with Crippen molar-refractivity contribution in [3.63, 3.8) is 0 Å². The third kappa shape index (κ3) is 3.52. The Bertz CT molecular complexity index is 461. The fraction of sp³-hybridized carbons (Fsp3) is 0.692. The summed E-state index contributed by atoms with van der Waals surface area (Å²) in [7, 11) is 0. The molecule has 7 heteroatoms. The number of anilines is 2. The van der Waals surface area contributed by atoms with Gasteiger partial charge in [0, 0.05) is 25.7 Å². The summed E-state index contributed by atoms with van der Waals surface area (Å²) in [6, 6.07) is 1.72. The molecule has 1 N–H and O–H groups in total. The normalized spacial score (nSPS) is 20.1. The van der Waals surface area contributed by atoms with Crippen molar-refractivity contribution in [2.75, 3.05) is 29.9 Å². The van der Waals surface area contributed by atoms with Crippen LogP contribution in [0.15, 0.2) is 6.07 Å². The molecule has 1 aromatic rings. The van der Waals surface area contributed by atoms with E-state index in [9.17, 15) is 13.2 Å². The second kappa shape index (κ2) is 5.85. The number of hydrogen-bond donors (Lipinski definition) is 1. The van der Waals surface area contributed by atoms with Crippen LogP contribution in [0, 0.1) is 12.8 Å². The molecular weight excluding hydrogens is 269 g/mol. The van der Waals surface area contributed by atoms with Gasteiger partial charge in [0.1, 0.15) is 17.5 Å². The average molecular weight is 288 g/mol. The van der Waals surface area contributed by atoms with Crippen LogP contribution in [0.3, 0.4) is 0 Å². The Morgan fingerprint density at radius 2 is 2.15 bits per heavy atom. The van der Waals surface area contributed by atoms with Crippen LogP contribution in [0.5, 0.6) is 0 Å². The van der Waals surface area contributed by atoms with Crippen LogP contribution in [0.2, 0.25) is 0 Å². The first-order valence-electron chi connectivity index (χ1n) is 6.81. The summed E-state index contributed by atoms with van der Waals surface area (Å²) in [6.07, 6.45) is -3.40. The van der Waals surface area contributed by atoms with Gasteiger partial charge in [0.2, 0.25) is 0 Å². The smallest absolute Gasteiger partial charge is 0.370 e. The summed E-state index contributed by atoms with van der Waals surface area (Å²) >= 11 is 0. The standard InChI is InChI=1S/C13H19F3N4/c1-3-17-11-7-12(19-9(2)18-11)20-6-4-5-10(8-20)13(14,15)16/h7,10H,3-6,8H2,1-2H3,(H,17,18,19). The van der Waals surface area contributed by atoms with Crippen molar-refractivity contribution in [3.05, 3.63) is 11.9 Å². The molecule has 1 fully saturated rings. The van der Waals surface area contributed by atoms with E-state index in [4.69, 9.17) is 0 Å². The quantitative estimate of drug-likeness (QED) is 0.928. The average Bonchev–Trinajstić information content (AvgIpc) is 2.37. The Hall–Kier alpha value is -1.53. The lowest BCUT2D eigenvalue weighted by Gasteiger charge is -2.34. The van der Waals surface area contributed by atoms with Crippen molar-refractivity contribution < 1.29 is 13.2 Å². The molecule has 112 valence electrons. The first-order valence-corrected chi connectivity index (χ1v) is 6.81. The van der Waals surface area contributed by atoms with E-state index in [1.165, 1.54) is 0 Å². The zero-order valence-corrected chi connectivity index (χ0v) is 11.7. The van der Waals surface area contributed by atoms with Gasteiger partial charge in [0.15, 0.2) is 0 Å². The SMILES string of the molecule is CCNc1cc(N2CCCC(C(F)(F)F)C2)nc(C)n1. The first kappa shape index (κ1) is 14.9. The van der Waals surface area contributed by atoms with Crippen molar-refractivity contribution in [2.24, 2.45) is 5.92 Å². The second-order valence-electron chi connectivity index (χ2n) is 5.02. The van der Waals surface area contributed by atoms with E-state index in [0.29, 0.717) is 37.0 Å². The summed E-state index contributed by atoms with van der Waals surface area (Å²) in [5, 5.41) is 3.07. The Labute approximate surface area is 116 Å². The van der Waals surface area contributed by atoms with Crippen molar-refractivity contribution in [2.45, 2.75) is 32.9 Å². The Morgan fingerprint density at radius 1 is 1.40 bits per heavy atom. The number of alkyl halides is 3. The number of rotatable bonds is 3. The third-order valence-corrected chi connectivity index (χ3v) is 3.39. The molecule has 0 spiro atoms. The van der Waals surface area contributed by atoms with E-state index in [1.54, 1.807) is 17.9 Å². The fourth-order valence-corrected chi connectivity index (χ4v) is 2.44. The summed E-state index contributed by atoms with van der Waals surface area (Å²) in [6.45, 7) is 4.98. The van der Waals surface area contributed by atoms with E-state index < -0.39 is 12.1 Å². The molecule has 0 radical (unpaired) electrons. The molecule has 1 unspecified atom stereocenters. The number of aryl methyl sites for hydroxylation is 1. The minimum Gasteiger partial charge on any atom is -0.370 e. The minimum absolute atomic E-state index is 0.0223. The molecule has 1 atom stereocenters. The van der Waals surface area contributed by atoms with Gasteiger partial charge < -0.3 is 10.2 Å². The lowest BCUT2D eigenvalue weighted by atomic mass is 9.97. The molecule has 4 nitrogen and oxygen atoms in total. The Balaban J connectivity index is 2.18. The monoisotopic (exact) mass is 288 g/mol. The van der Waals surface area contributed by atoms with Gasteiger partial charge in [-0.1, -0.05) is 0 Å². The van der Waals surface area contributed by atoms with Gasteiger partial charge in [-0.25, -0.2) is 9.97 Å². The highest BCUT2D eigenvalue weighted by molar-refractivity contribution is 5.49. The summed E-state index contributed by atoms with van der Waals surface area (Å²) < 4.78 is 38.5. The molecule has 1 aromatic heterocycles. The zero-order valence-electron chi connectivity index (χ0n) is 11.7. The molecular formula is C13H19F3N4. The van der Waals surface area contributed by atoms with Crippen molar-refractivity contribution in [3.8, 4) is 0 Å². The number of aromatic nitrogens is 2. The molecule has 0 aliphatic carbocycles. The van der Waals surface area contributed by atoms with Crippen LogP contribution in [0.1, 0.15) is 25.6 Å². The van der Waals surface area contributed by atoms with Crippen LogP contribution >= 0.6 is 0 Å². The largest absolute Gasteiger partial charge is 0.393 e. The van der Waals surface area contributed by atoms with Crippen molar-refractivity contribution in [1.29, 1.82) is 0 Å². The molecule has 0 saturated carbocycles.